The molecule has 2 rings (SSSR count). The molecule has 1 aliphatic rings. The lowest BCUT2D eigenvalue weighted by Crippen LogP contribution is -2.47. The first kappa shape index (κ1) is 16.1. The van der Waals surface area contributed by atoms with Gasteiger partial charge in [0, 0.05) is 28.3 Å². The first-order valence-electron chi connectivity index (χ1n) is 6.60. The van der Waals surface area contributed by atoms with Gasteiger partial charge in [-0.15, -0.1) is 0 Å². The van der Waals surface area contributed by atoms with Gasteiger partial charge in [0.05, 0.1) is 5.92 Å². The minimum atomic E-state index is -0.857. The van der Waals surface area contributed by atoms with E-state index in [1.807, 2.05) is 6.92 Å². The van der Waals surface area contributed by atoms with Crippen molar-refractivity contribution < 1.29 is 14.7 Å². The van der Waals surface area contributed by atoms with Crippen molar-refractivity contribution >= 4 is 45.2 Å². The molecule has 2 N–H and O–H groups in total. The number of aliphatic carboxylic acids is 1. The number of nitrogens with zero attached hydrogens (tertiary/aromatic N) is 1. The number of rotatable bonds is 2. The monoisotopic (exact) mass is 374 g/mol. The van der Waals surface area contributed by atoms with Gasteiger partial charge in [-0.25, -0.2) is 4.79 Å². The number of carbonyl (C=O) groups is 2. The molecule has 21 heavy (non-hydrogen) atoms. The summed E-state index contributed by atoms with van der Waals surface area (Å²) in [5.74, 6) is -1.20. The quantitative estimate of drug-likeness (QED) is 0.828. The minimum Gasteiger partial charge on any atom is -0.481 e. The molecule has 0 bridgehead atoms. The van der Waals surface area contributed by atoms with E-state index in [4.69, 9.17) is 16.7 Å². The molecule has 0 aliphatic carbocycles. The van der Waals surface area contributed by atoms with Crippen LogP contribution >= 0.6 is 27.5 Å². The van der Waals surface area contributed by atoms with Crippen LogP contribution in [0.15, 0.2) is 22.7 Å². The molecular formula is C14H16BrClN2O3. The summed E-state index contributed by atoms with van der Waals surface area (Å²) in [5.41, 5.74) is 0.574. The van der Waals surface area contributed by atoms with E-state index >= 15 is 0 Å². The van der Waals surface area contributed by atoms with Crippen molar-refractivity contribution in [3.63, 3.8) is 0 Å². The number of hydrogen-bond donors (Lipinski definition) is 2. The molecule has 2 amide bonds. The number of nitrogens with one attached hydrogen (secondary N) is 1. The summed E-state index contributed by atoms with van der Waals surface area (Å²) in [5, 5.41) is 12.4. The fraction of sp³-hybridized carbons (Fsp3) is 0.429. The molecular weight excluding hydrogens is 360 g/mol. The molecule has 0 aromatic heterocycles. The van der Waals surface area contributed by atoms with Crippen molar-refractivity contribution in [1.29, 1.82) is 0 Å². The number of likely N-dealkylation sites (tertiary alicyclic amines) is 1. The second kappa shape index (κ2) is 6.66. The predicted molar refractivity (Wildman–Crippen MR) is 84.7 cm³/mol. The van der Waals surface area contributed by atoms with E-state index in [2.05, 4.69) is 21.2 Å². The smallest absolute Gasteiger partial charge is 0.321 e. The molecule has 1 fully saturated rings. The van der Waals surface area contributed by atoms with Gasteiger partial charge in [-0.2, -0.15) is 0 Å². The number of amides is 2. The van der Waals surface area contributed by atoms with Crippen LogP contribution in [-0.2, 0) is 4.79 Å². The zero-order valence-corrected chi connectivity index (χ0v) is 13.8. The summed E-state index contributed by atoms with van der Waals surface area (Å²) in [6.07, 6.45) is 0.599. The van der Waals surface area contributed by atoms with E-state index < -0.39 is 11.9 Å². The Labute approximate surface area is 136 Å². The summed E-state index contributed by atoms with van der Waals surface area (Å²) in [6, 6.07) is 4.81. The van der Waals surface area contributed by atoms with Crippen LogP contribution in [0.5, 0.6) is 0 Å². The standard InChI is InChI=1S/C14H16BrClN2O3/c1-8-2-9(13(19)20)7-18(6-8)14(21)17-12-4-10(15)3-11(16)5-12/h3-5,8-9H,2,6-7H2,1H3,(H,17,21)(H,19,20). The number of benzene rings is 1. The molecule has 2 atom stereocenters. The first-order chi connectivity index (χ1) is 9.85. The van der Waals surface area contributed by atoms with Crippen molar-refractivity contribution in [3.05, 3.63) is 27.7 Å². The van der Waals surface area contributed by atoms with Crippen LogP contribution in [0.2, 0.25) is 5.02 Å². The first-order valence-corrected chi connectivity index (χ1v) is 7.77. The maximum atomic E-state index is 12.3. The SMILES string of the molecule is CC1CC(C(=O)O)CN(C(=O)Nc2cc(Cl)cc(Br)c2)C1. The van der Waals surface area contributed by atoms with Crippen LogP contribution < -0.4 is 5.32 Å². The molecule has 0 saturated carbocycles. The van der Waals surface area contributed by atoms with Gasteiger partial charge < -0.3 is 15.3 Å². The summed E-state index contributed by atoms with van der Waals surface area (Å²) in [4.78, 5) is 24.9. The highest BCUT2D eigenvalue weighted by molar-refractivity contribution is 9.10. The summed E-state index contributed by atoms with van der Waals surface area (Å²) >= 11 is 9.24. The van der Waals surface area contributed by atoms with E-state index in [9.17, 15) is 9.59 Å². The predicted octanol–water partition coefficient (Wildman–Crippen LogP) is 3.68. The lowest BCUT2D eigenvalue weighted by Gasteiger charge is -2.34. The average Bonchev–Trinajstić information content (AvgIpc) is 2.36. The molecule has 2 unspecified atom stereocenters. The van der Waals surface area contributed by atoms with E-state index in [-0.39, 0.29) is 18.5 Å². The normalized spacial score (nSPS) is 22.0. The molecule has 5 nitrogen and oxygen atoms in total. The third kappa shape index (κ3) is 4.35. The lowest BCUT2D eigenvalue weighted by molar-refractivity contribution is -0.143. The van der Waals surface area contributed by atoms with E-state index in [1.165, 1.54) is 0 Å². The highest BCUT2D eigenvalue weighted by Crippen LogP contribution is 2.25. The van der Waals surface area contributed by atoms with Crippen molar-refractivity contribution in [2.24, 2.45) is 11.8 Å². The highest BCUT2D eigenvalue weighted by atomic mass is 79.9. The van der Waals surface area contributed by atoms with Crippen molar-refractivity contribution in [2.75, 3.05) is 18.4 Å². The van der Waals surface area contributed by atoms with Crippen LogP contribution in [0.3, 0.4) is 0 Å². The number of halogens is 2. The molecule has 7 heteroatoms. The Hall–Kier alpha value is -1.27. The number of piperidine rings is 1. The minimum absolute atomic E-state index is 0.164. The zero-order valence-electron chi connectivity index (χ0n) is 11.5. The molecule has 1 aromatic rings. The molecule has 1 heterocycles. The zero-order chi connectivity index (χ0) is 15.6. The van der Waals surface area contributed by atoms with E-state index in [1.54, 1.807) is 23.1 Å². The van der Waals surface area contributed by atoms with Gasteiger partial charge >= 0.3 is 12.0 Å². The summed E-state index contributed by atoms with van der Waals surface area (Å²) in [7, 11) is 0. The van der Waals surface area contributed by atoms with Crippen molar-refractivity contribution in [2.45, 2.75) is 13.3 Å². The van der Waals surface area contributed by atoms with Crippen LogP contribution in [0.1, 0.15) is 13.3 Å². The number of carbonyl (C=O) groups excluding carboxylic acids is 1. The van der Waals surface area contributed by atoms with Gasteiger partial charge in [-0.3, -0.25) is 4.79 Å². The maximum absolute atomic E-state index is 12.3. The van der Waals surface area contributed by atoms with Gasteiger partial charge in [0.1, 0.15) is 0 Å². The largest absolute Gasteiger partial charge is 0.481 e. The van der Waals surface area contributed by atoms with Gasteiger partial charge in [0.15, 0.2) is 0 Å². The Kier molecular flexibility index (Phi) is 5.11. The number of carboxylic acids is 1. The lowest BCUT2D eigenvalue weighted by atomic mass is 9.91. The Balaban J connectivity index is 2.06. The second-order valence-electron chi connectivity index (χ2n) is 5.37. The van der Waals surface area contributed by atoms with Gasteiger partial charge in [0.25, 0.3) is 0 Å². The summed E-state index contributed by atoms with van der Waals surface area (Å²) < 4.78 is 0.765. The molecule has 0 spiro atoms. The third-order valence-corrected chi connectivity index (χ3v) is 4.09. The Morgan fingerprint density at radius 1 is 1.38 bits per heavy atom. The van der Waals surface area contributed by atoms with E-state index in [0.29, 0.717) is 23.7 Å². The van der Waals surface area contributed by atoms with Gasteiger partial charge in [-0.05, 0) is 30.5 Å². The second-order valence-corrected chi connectivity index (χ2v) is 6.72. The fourth-order valence-electron chi connectivity index (χ4n) is 2.52. The highest BCUT2D eigenvalue weighted by Gasteiger charge is 2.31. The van der Waals surface area contributed by atoms with Gasteiger partial charge in [0.2, 0.25) is 0 Å². The Bertz CT molecular complexity index is 547. The average molecular weight is 376 g/mol. The molecule has 1 aliphatic heterocycles. The topological polar surface area (TPSA) is 69.6 Å². The Morgan fingerprint density at radius 2 is 2.10 bits per heavy atom. The molecule has 114 valence electrons. The number of carboxylic acid groups (broad SMARTS) is 1. The third-order valence-electron chi connectivity index (χ3n) is 3.41. The van der Waals surface area contributed by atoms with Crippen LogP contribution in [0.4, 0.5) is 10.5 Å². The number of urea groups is 1. The molecule has 1 saturated heterocycles. The van der Waals surface area contributed by atoms with Crippen LogP contribution in [0, 0.1) is 11.8 Å². The van der Waals surface area contributed by atoms with Crippen molar-refractivity contribution in [3.8, 4) is 0 Å². The molecule has 0 radical (unpaired) electrons. The van der Waals surface area contributed by atoms with Crippen molar-refractivity contribution in [1.82, 2.24) is 4.90 Å². The summed E-state index contributed by atoms with van der Waals surface area (Å²) in [6.45, 7) is 2.73. The van der Waals surface area contributed by atoms with Gasteiger partial charge in [-0.1, -0.05) is 34.5 Å². The fourth-order valence-corrected chi connectivity index (χ4v) is 3.38. The van der Waals surface area contributed by atoms with Crippen LogP contribution in [0.25, 0.3) is 0 Å². The van der Waals surface area contributed by atoms with E-state index in [0.717, 1.165) is 4.47 Å². The molecule has 1 aromatic carbocycles. The number of anilines is 1. The number of hydrogen-bond acceptors (Lipinski definition) is 2. The van der Waals surface area contributed by atoms with Crippen LogP contribution in [-0.4, -0.2) is 35.1 Å². The Morgan fingerprint density at radius 3 is 2.71 bits per heavy atom. The maximum Gasteiger partial charge on any atom is 0.321 e.